The molecule has 0 aromatic carbocycles. The number of anilines is 1. The highest BCUT2D eigenvalue weighted by Crippen LogP contribution is 2.18. The first kappa shape index (κ1) is 13.2. The van der Waals surface area contributed by atoms with Crippen LogP contribution < -0.4 is 4.90 Å². The van der Waals surface area contributed by atoms with Crippen LogP contribution in [0.25, 0.3) is 0 Å². The van der Waals surface area contributed by atoms with E-state index in [1.54, 1.807) is 12.4 Å². The van der Waals surface area contributed by atoms with E-state index in [-0.39, 0.29) is 0 Å². The first-order valence-electron chi connectivity index (χ1n) is 5.92. The third kappa shape index (κ3) is 2.79. The summed E-state index contributed by atoms with van der Waals surface area (Å²) in [5.74, 6) is 0.757. The lowest BCUT2D eigenvalue weighted by atomic mass is 10.0. The van der Waals surface area contributed by atoms with Gasteiger partial charge in [0.05, 0.1) is 10.5 Å². The van der Waals surface area contributed by atoms with Gasteiger partial charge >= 0.3 is 0 Å². The van der Waals surface area contributed by atoms with Crippen molar-refractivity contribution in [2.45, 2.75) is 19.4 Å². The van der Waals surface area contributed by atoms with Gasteiger partial charge < -0.3 is 4.90 Å². The van der Waals surface area contributed by atoms with Crippen molar-refractivity contribution in [3.8, 4) is 6.07 Å². The molecule has 2 heterocycles. The Morgan fingerprint density at radius 3 is 2.28 bits per heavy atom. The Labute approximate surface area is 116 Å². The van der Waals surface area contributed by atoms with Crippen LogP contribution in [-0.2, 0) is 0 Å². The summed E-state index contributed by atoms with van der Waals surface area (Å²) in [6.45, 7) is 7.34. The van der Waals surface area contributed by atoms with Gasteiger partial charge in [-0.3, -0.25) is 4.90 Å². The molecule has 0 unspecified atom stereocenters. The van der Waals surface area contributed by atoms with Gasteiger partial charge in [-0.1, -0.05) is 0 Å². The second-order valence-corrected chi connectivity index (χ2v) is 5.76. The first-order chi connectivity index (χ1) is 8.53. The van der Waals surface area contributed by atoms with Crippen LogP contribution in [0, 0.1) is 11.3 Å². The SMILES string of the molecule is CC(C)(C#N)N1CCN(c2ncc(Br)cn2)CC1. The second kappa shape index (κ2) is 5.21. The van der Waals surface area contributed by atoms with E-state index in [1.165, 1.54) is 0 Å². The smallest absolute Gasteiger partial charge is 0.225 e. The van der Waals surface area contributed by atoms with Crippen LogP contribution in [0.4, 0.5) is 5.95 Å². The molecular formula is C12H16BrN5. The average Bonchev–Trinajstić information content (AvgIpc) is 2.40. The normalized spacial score (nSPS) is 17.6. The van der Waals surface area contributed by atoms with Crippen molar-refractivity contribution >= 4 is 21.9 Å². The van der Waals surface area contributed by atoms with E-state index in [9.17, 15) is 0 Å². The third-order valence-corrected chi connectivity index (χ3v) is 3.64. The van der Waals surface area contributed by atoms with Crippen molar-refractivity contribution < 1.29 is 0 Å². The lowest BCUT2D eigenvalue weighted by Crippen LogP contribution is -2.54. The van der Waals surface area contributed by atoms with Gasteiger partial charge in [-0.05, 0) is 29.8 Å². The van der Waals surface area contributed by atoms with Crippen molar-refractivity contribution in [3.63, 3.8) is 0 Å². The Hall–Kier alpha value is -1.19. The molecular weight excluding hydrogens is 294 g/mol. The minimum Gasteiger partial charge on any atom is -0.338 e. The topological polar surface area (TPSA) is 56.1 Å². The molecule has 0 amide bonds. The number of nitrogens with zero attached hydrogens (tertiary/aromatic N) is 5. The van der Waals surface area contributed by atoms with Crippen LogP contribution in [0.15, 0.2) is 16.9 Å². The first-order valence-corrected chi connectivity index (χ1v) is 6.71. The zero-order chi connectivity index (χ0) is 13.2. The quantitative estimate of drug-likeness (QED) is 0.831. The molecule has 0 atom stereocenters. The Morgan fingerprint density at radius 1 is 1.22 bits per heavy atom. The number of aromatic nitrogens is 2. The largest absolute Gasteiger partial charge is 0.338 e. The Balaban J connectivity index is 1.99. The molecule has 96 valence electrons. The van der Waals surface area contributed by atoms with E-state index in [0.29, 0.717) is 0 Å². The highest BCUT2D eigenvalue weighted by molar-refractivity contribution is 9.10. The number of halogens is 1. The maximum absolute atomic E-state index is 9.12. The Bertz CT molecular complexity index is 443. The van der Waals surface area contributed by atoms with Crippen LogP contribution in [0.5, 0.6) is 0 Å². The summed E-state index contributed by atoms with van der Waals surface area (Å²) in [7, 11) is 0. The molecule has 1 aliphatic rings. The number of hydrogen-bond acceptors (Lipinski definition) is 5. The standard InChI is InChI=1S/C12H16BrN5/c1-12(2,9-14)18-5-3-17(4-6-18)11-15-7-10(13)8-16-11/h7-8H,3-6H2,1-2H3. The maximum atomic E-state index is 9.12. The zero-order valence-corrected chi connectivity index (χ0v) is 12.2. The predicted octanol–water partition coefficient (Wildman–Crippen LogP) is 1.66. The minimum absolute atomic E-state index is 0.396. The molecule has 0 spiro atoms. The van der Waals surface area contributed by atoms with Crippen molar-refractivity contribution in [1.29, 1.82) is 5.26 Å². The van der Waals surface area contributed by atoms with E-state index in [1.807, 2.05) is 13.8 Å². The molecule has 2 rings (SSSR count). The van der Waals surface area contributed by atoms with E-state index >= 15 is 0 Å². The lowest BCUT2D eigenvalue weighted by molar-refractivity contribution is 0.157. The number of nitriles is 1. The molecule has 0 bridgehead atoms. The van der Waals surface area contributed by atoms with Crippen LogP contribution in [-0.4, -0.2) is 46.6 Å². The molecule has 18 heavy (non-hydrogen) atoms. The summed E-state index contributed by atoms with van der Waals surface area (Å²) in [4.78, 5) is 12.9. The van der Waals surface area contributed by atoms with Gasteiger partial charge in [-0.15, -0.1) is 0 Å². The molecule has 5 nitrogen and oxygen atoms in total. The third-order valence-electron chi connectivity index (χ3n) is 3.23. The van der Waals surface area contributed by atoms with Crippen molar-refractivity contribution in [1.82, 2.24) is 14.9 Å². The van der Waals surface area contributed by atoms with Gasteiger partial charge in [-0.2, -0.15) is 5.26 Å². The van der Waals surface area contributed by atoms with Gasteiger partial charge in [0.2, 0.25) is 5.95 Å². The summed E-state index contributed by atoms with van der Waals surface area (Å²) >= 11 is 3.33. The molecule has 1 fully saturated rings. The minimum atomic E-state index is -0.396. The summed E-state index contributed by atoms with van der Waals surface area (Å²) < 4.78 is 0.885. The van der Waals surface area contributed by atoms with Crippen LogP contribution in [0.2, 0.25) is 0 Å². The summed E-state index contributed by atoms with van der Waals surface area (Å²) in [5, 5.41) is 9.12. The molecule has 1 aromatic rings. The van der Waals surface area contributed by atoms with Gasteiger partial charge in [0.25, 0.3) is 0 Å². The number of piperazine rings is 1. The molecule has 1 aliphatic heterocycles. The second-order valence-electron chi connectivity index (χ2n) is 4.85. The fourth-order valence-corrected chi connectivity index (χ4v) is 2.21. The fourth-order valence-electron chi connectivity index (χ4n) is 2.00. The average molecular weight is 310 g/mol. The molecule has 0 radical (unpaired) electrons. The number of hydrogen-bond donors (Lipinski definition) is 0. The summed E-state index contributed by atoms with van der Waals surface area (Å²) in [5.41, 5.74) is -0.396. The van der Waals surface area contributed by atoms with Crippen molar-refractivity contribution in [3.05, 3.63) is 16.9 Å². The molecule has 6 heteroatoms. The summed E-state index contributed by atoms with van der Waals surface area (Å²) in [6, 6.07) is 2.34. The highest BCUT2D eigenvalue weighted by atomic mass is 79.9. The van der Waals surface area contributed by atoms with Crippen LogP contribution >= 0.6 is 15.9 Å². The van der Waals surface area contributed by atoms with Gasteiger partial charge in [-0.25, -0.2) is 9.97 Å². The summed E-state index contributed by atoms with van der Waals surface area (Å²) in [6.07, 6.45) is 3.52. The molecule has 1 aromatic heterocycles. The van der Waals surface area contributed by atoms with Crippen molar-refractivity contribution in [2.24, 2.45) is 0 Å². The Kier molecular flexibility index (Phi) is 3.83. The zero-order valence-electron chi connectivity index (χ0n) is 10.6. The van der Waals surface area contributed by atoms with Gasteiger partial charge in [0.1, 0.15) is 5.54 Å². The van der Waals surface area contributed by atoms with E-state index in [0.717, 1.165) is 36.6 Å². The molecule has 1 saturated heterocycles. The van der Waals surface area contributed by atoms with Crippen LogP contribution in [0.1, 0.15) is 13.8 Å². The predicted molar refractivity (Wildman–Crippen MR) is 73.2 cm³/mol. The monoisotopic (exact) mass is 309 g/mol. The van der Waals surface area contributed by atoms with Gasteiger partial charge in [0, 0.05) is 38.6 Å². The number of rotatable bonds is 2. The van der Waals surface area contributed by atoms with E-state index in [2.05, 4.69) is 41.8 Å². The van der Waals surface area contributed by atoms with Gasteiger partial charge in [0.15, 0.2) is 0 Å². The van der Waals surface area contributed by atoms with E-state index < -0.39 is 5.54 Å². The van der Waals surface area contributed by atoms with E-state index in [4.69, 9.17) is 5.26 Å². The van der Waals surface area contributed by atoms with Crippen LogP contribution in [0.3, 0.4) is 0 Å². The fraction of sp³-hybridized carbons (Fsp3) is 0.583. The van der Waals surface area contributed by atoms with Crippen molar-refractivity contribution in [2.75, 3.05) is 31.1 Å². The molecule has 0 saturated carbocycles. The molecule has 0 aliphatic carbocycles. The Morgan fingerprint density at radius 2 is 1.78 bits per heavy atom. The maximum Gasteiger partial charge on any atom is 0.225 e. The lowest BCUT2D eigenvalue weighted by Gasteiger charge is -2.40. The highest BCUT2D eigenvalue weighted by Gasteiger charge is 2.30. The molecule has 0 N–H and O–H groups in total.